The van der Waals surface area contributed by atoms with Gasteiger partial charge in [0.15, 0.2) is 5.96 Å². The van der Waals surface area contributed by atoms with Crippen molar-refractivity contribution in [2.24, 2.45) is 4.99 Å². The molecule has 0 fully saturated rings. The SMILES string of the molecule is C=CCNC(=NC)NCCc1c(Cl)cccc1Cl. The summed E-state index contributed by atoms with van der Waals surface area (Å²) in [6, 6.07) is 5.52. The zero-order valence-electron chi connectivity index (χ0n) is 10.3. The smallest absolute Gasteiger partial charge is 0.191 e. The zero-order chi connectivity index (χ0) is 13.4. The van der Waals surface area contributed by atoms with Gasteiger partial charge in [-0.2, -0.15) is 0 Å². The quantitative estimate of drug-likeness (QED) is 0.496. The Bertz CT molecular complexity index is 410. The normalized spacial score (nSPS) is 11.2. The van der Waals surface area contributed by atoms with Gasteiger partial charge in [-0.3, -0.25) is 4.99 Å². The van der Waals surface area contributed by atoms with Crippen molar-refractivity contribution >= 4 is 29.2 Å². The summed E-state index contributed by atoms with van der Waals surface area (Å²) in [5.41, 5.74) is 0.951. The molecule has 0 spiro atoms. The van der Waals surface area contributed by atoms with Gasteiger partial charge in [0.25, 0.3) is 0 Å². The van der Waals surface area contributed by atoms with E-state index in [1.54, 1.807) is 13.1 Å². The highest BCUT2D eigenvalue weighted by molar-refractivity contribution is 6.35. The number of nitrogens with one attached hydrogen (secondary N) is 2. The van der Waals surface area contributed by atoms with Crippen LogP contribution in [-0.2, 0) is 6.42 Å². The number of halogens is 2. The summed E-state index contributed by atoms with van der Waals surface area (Å²) >= 11 is 12.2. The number of aliphatic imine (C=N–C) groups is 1. The van der Waals surface area contributed by atoms with Crippen LogP contribution in [0.2, 0.25) is 10.0 Å². The van der Waals surface area contributed by atoms with Crippen molar-refractivity contribution in [3.63, 3.8) is 0 Å². The van der Waals surface area contributed by atoms with Crippen molar-refractivity contribution in [2.45, 2.75) is 6.42 Å². The van der Waals surface area contributed by atoms with Crippen LogP contribution in [0.15, 0.2) is 35.8 Å². The molecule has 18 heavy (non-hydrogen) atoms. The number of rotatable bonds is 5. The molecule has 0 aliphatic carbocycles. The van der Waals surface area contributed by atoms with Crippen LogP contribution < -0.4 is 10.6 Å². The van der Waals surface area contributed by atoms with Crippen molar-refractivity contribution in [2.75, 3.05) is 20.1 Å². The predicted molar refractivity (Wildman–Crippen MR) is 79.7 cm³/mol. The van der Waals surface area contributed by atoms with Gasteiger partial charge in [-0.15, -0.1) is 6.58 Å². The minimum absolute atomic E-state index is 0.673. The number of benzene rings is 1. The largest absolute Gasteiger partial charge is 0.356 e. The maximum atomic E-state index is 6.09. The van der Waals surface area contributed by atoms with E-state index in [0.29, 0.717) is 23.1 Å². The highest BCUT2D eigenvalue weighted by atomic mass is 35.5. The van der Waals surface area contributed by atoms with Gasteiger partial charge in [0, 0.05) is 30.2 Å². The van der Waals surface area contributed by atoms with Crippen molar-refractivity contribution in [1.29, 1.82) is 0 Å². The van der Waals surface area contributed by atoms with Crippen LogP contribution in [0.1, 0.15) is 5.56 Å². The lowest BCUT2D eigenvalue weighted by Gasteiger charge is -2.11. The molecule has 1 aromatic carbocycles. The van der Waals surface area contributed by atoms with Gasteiger partial charge in [0.2, 0.25) is 0 Å². The van der Waals surface area contributed by atoms with Crippen LogP contribution in [0.3, 0.4) is 0 Å². The monoisotopic (exact) mass is 285 g/mol. The van der Waals surface area contributed by atoms with E-state index >= 15 is 0 Å². The molecule has 1 rings (SSSR count). The molecule has 0 atom stereocenters. The third kappa shape index (κ3) is 4.59. The number of guanidine groups is 1. The van der Waals surface area contributed by atoms with Crippen molar-refractivity contribution in [1.82, 2.24) is 10.6 Å². The molecule has 0 aliphatic heterocycles. The number of hydrogen-bond acceptors (Lipinski definition) is 1. The van der Waals surface area contributed by atoms with Crippen LogP contribution in [-0.4, -0.2) is 26.1 Å². The van der Waals surface area contributed by atoms with Crippen molar-refractivity contribution in [3.05, 3.63) is 46.5 Å². The van der Waals surface area contributed by atoms with Gasteiger partial charge >= 0.3 is 0 Å². The second-order valence-corrected chi connectivity index (χ2v) is 4.43. The third-order valence-corrected chi connectivity index (χ3v) is 3.07. The van der Waals surface area contributed by atoms with E-state index < -0.39 is 0 Å². The molecule has 0 bridgehead atoms. The molecule has 1 aromatic rings. The first-order valence-corrected chi connectivity index (χ1v) is 6.43. The summed E-state index contributed by atoms with van der Waals surface area (Å²) in [7, 11) is 1.72. The molecule has 0 aromatic heterocycles. The fraction of sp³-hybridized carbons (Fsp3) is 0.308. The molecule has 0 heterocycles. The number of hydrogen-bond donors (Lipinski definition) is 2. The van der Waals surface area contributed by atoms with Crippen LogP contribution in [0, 0.1) is 0 Å². The van der Waals surface area contributed by atoms with E-state index in [9.17, 15) is 0 Å². The Morgan fingerprint density at radius 1 is 1.33 bits per heavy atom. The van der Waals surface area contributed by atoms with Gasteiger partial charge in [-0.25, -0.2) is 0 Å². The Kier molecular flexibility index (Phi) is 6.61. The van der Waals surface area contributed by atoms with Gasteiger partial charge in [-0.05, 0) is 24.1 Å². The molecule has 98 valence electrons. The van der Waals surface area contributed by atoms with E-state index in [1.807, 2.05) is 18.2 Å². The summed E-state index contributed by atoms with van der Waals surface area (Å²) in [5, 5.41) is 7.66. The summed E-state index contributed by atoms with van der Waals surface area (Å²) in [5.74, 6) is 0.734. The van der Waals surface area contributed by atoms with Crippen LogP contribution in [0.4, 0.5) is 0 Å². The molecule has 0 radical (unpaired) electrons. The molecule has 5 heteroatoms. The average molecular weight is 286 g/mol. The zero-order valence-corrected chi connectivity index (χ0v) is 11.9. The van der Waals surface area contributed by atoms with E-state index in [-0.39, 0.29) is 0 Å². The molecule has 0 unspecified atom stereocenters. The van der Waals surface area contributed by atoms with Gasteiger partial charge in [-0.1, -0.05) is 35.3 Å². The lowest BCUT2D eigenvalue weighted by molar-refractivity contribution is 0.822. The molecule has 2 N–H and O–H groups in total. The van der Waals surface area contributed by atoms with Crippen molar-refractivity contribution < 1.29 is 0 Å². The third-order valence-electron chi connectivity index (χ3n) is 2.37. The Morgan fingerprint density at radius 3 is 2.56 bits per heavy atom. The lowest BCUT2D eigenvalue weighted by Crippen LogP contribution is -2.38. The molecular weight excluding hydrogens is 269 g/mol. The van der Waals surface area contributed by atoms with E-state index in [2.05, 4.69) is 22.2 Å². The van der Waals surface area contributed by atoms with Gasteiger partial charge < -0.3 is 10.6 Å². The van der Waals surface area contributed by atoms with Crippen LogP contribution in [0.25, 0.3) is 0 Å². The molecule has 0 amide bonds. The van der Waals surface area contributed by atoms with E-state index in [0.717, 1.165) is 17.9 Å². The van der Waals surface area contributed by atoms with Crippen LogP contribution in [0.5, 0.6) is 0 Å². The average Bonchev–Trinajstić information content (AvgIpc) is 2.36. The Morgan fingerprint density at radius 2 is 2.00 bits per heavy atom. The van der Waals surface area contributed by atoms with Gasteiger partial charge in [0.05, 0.1) is 0 Å². The standard InChI is InChI=1S/C13H17Cl2N3/c1-3-8-17-13(16-2)18-9-7-10-11(14)5-4-6-12(10)15/h3-6H,1,7-9H2,2H3,(H2,16,17,18). The minimum atomic E-state index is 0.673. The van der Waals surface area contributed by atoms with Crippen molar-refractivity contribution in [3.8, 4) is 0 Å². The first-order chi connectivity index (χ1) is 8.69. The Labute approximate surface area is 118 Å². The molecule has 0 saturated carbocycles. The topological polar surface area (TPSA) is 36.4 Å². The fourth-order valence-corrected chi connectivity index (χ4v) is 2.05. The summed E-state index contributed by atoms with van der Waals surface area (Å²) in [4.78, 5) is 4.08. The predicted octanol–water partition coefficient (Wildman–Crippen LogP) is 2.89. The second kappa shape index (κ2) is 8.01. The molecule has 3 nitrogen and oxygen atoms in total. The Balaban J connectivity index is 2.48. The second-order valence-electron chi connectivity index (χ2n) is 3.62. The first kappa shape index (κ1) is 14.9. The van der Waals surface area contributed by atoms with E-state index in [1.165, 1.54) is 0 Å². The molecule has 0 aliphatic rings. The van der Waals surface area contributed by atoms with Gasteiger partial charge in [0.1, 0.15) is 0 Å². The highest BCUT2D eigenvalue weighted by Gasteiger charge is 2.05. The lowest BCUT2D eigenvalue weighted by atomic mass is 10.1. The Hall–Kier alpha value is -1.19. The minimum Gasteiger partial charge on any atom is -0.356 e. The van der Waals surface area contributed by atoms with E-state index in [4.69, 9.17) is 23.2 Å². The molecular formula is C13H17Cl2N3. The first-order valence-electron chi connectivity index (χ1n) is 5.67. The van der Waals surface area contributed by atoms with Crippen LogP contribution >= 0.6 is 23.2 Å². The highest BCUT2D eigenvalue weighted by Crippen LogP contribution is 2.24. The maximum absolute atomic E-state index is 6.09. The fourth-order valence-electron chi connectivity index (χ4n) is 1.47. The number of nitrogens with zero attached hydrogens (tertiary/aromatic N) is 1. The molecule has 0 saturated heterocycles. The summed E-state index contributed by atoms with van der Waals surface area (Å²) in [6.07, 6.45) is 2.52. The summed E-state index contributed by atoms with van der Waals surface area (Å²) < 4.78 is 0. The maximum Gasteiger partial charge on any atom is 0.191 e. The summed E-state index contributed by atoms with van der Waals surface area (Å²) in [6.45, 7) is 5.02.